The molecule has 11 aromatic rings. The largest absolute Gasteiger partial charge is 0.310 e. The monoisotopic (exact) mass is 1180 g/mol. The highest BCUT2D eigenvalue weighted by molar-refractivity contribution is 6.05. The predicted octanol–water partition coefficient (Wildman–Crippen LogP) is 24.2. The number of rotatable bonds is 6. The van der Waals surface area contributed by atoms with E-state index in [4.69, 9.17) is 0 Å². The van der Waals surface area contributed by atoms with Gasteiger partial charge in [0, 0.05) is 55.8 Å². The van der Waals surface area contributed by atoms with Crippen molar-refractivity contribution >= 4 is 55.7 Å². The number of anilines is 6. The van der Waals surface area contributed by atoms with Crippen LogP contribution in [0.2, 0.25) is 0 Å². The van der Waals surface area contributed by atoms with Crippen LogP contribution in [0.3, 0.4) is 0 Å². The Hall–Kier alpha value is -8.46. The summed E-state index contributed by atoms with van der Waals surface area (Å²) in [5.41, 5.74) is 32.3. The lowest BCUT2D eigenvalue weighted by atomic mass is 9.43. The van der Waals surface area contributed by atoms with Gasteiger partial charge in [0.2, 0.25) is 0 Å². The summed E-state index contributed by atoms with van der Waals surface area (Å²) in [6, 6.07) is 81.8. The van der Waals surface area contributed by atoms with Crippen LogP contribution in [0.1, 0.15) is 171 Å². The minimum Gasteiger partial charge on any atom is -0.310 e. The molecule has 91 heavy (non-hydrogen) atoms. The summed E-state index contributed by atoms with van der Waals surface area (Å²) in [5.74, 6) is 2.91. The third-order valence-electron chi connectivity index (χ3n) is 24.5. The lowest BCUT2D eigenvalue weighted by molar-refractivity contribution is -0.0399. The first-order valence-corrected chi connectivity index (χ1v) is 34.2. The Morgan fingerprint density at radius 2 is 0.637 bits per heavy atom. The summed E-state index contributed by atoms with van der Waals surface area (Å²) in [5, 5.41) is 5.28. The summed E-state index contributed by atoms with van der Waals surface area (Å²) in [4.78, 5) is 5.16. The maximum atomic E-state index is 2.80. The molecule has 0 saturated heterocycles. The van der Waals surface area contributed by atoms with Crippen molar-refractivity contribution in [3.63, 3.8) is 0 Å². The SMILES string of the molecule is CC(C)(C)c1ccc(N(c2ccc3c(c2)C(C)(C)c2cc4c(cc2-3)-c2ccc(N(c3ccc(C(C)(C)C)cc3)c3ccc5c(c3)C(C)(C)c3ccc6ccccc6c3-5)cc2C42C3CC4CC(C3)CC2C4)c2ccc3c(c2)C(C)(C)c2ccc4ccccc4c2-3)cc1. The van der Waals surface area contributed by atoms with Crippen LogP contribution in [-0.2, 0) is 32.5 Å². The highest BCUT2D eigenvalue weighted by Crippen LogP contribution is 2.71. The molecule has 0 unspecified atom stereocenters. The highest BCUT2D eigenvalue weighted by atomic mass is 15.1. The molecule has 8 aliphatic rings. The van der Waals surface area contributed by atoms with Crippen LogP contribution >= 0.6 is 0 Å². The molecule has 0 amide bonds. The van der Waals surface area contributed by atoms with Crippen molar-refractivity contribution in [3.8, 4) is 44.5 Å². The van der Waals surface area contributed by atoms with E-state index in [1.807, 2.05) is 0 Å². The molecular weight excluding hydrogens is 1100 g/mol. The van der Waals surface area contributed by atoms with Crippen LogP contribution in [0.4, 0.5) is 34.1 Å². The molecule has 450 valence electrons. The van der Waals surface area contributed by atoms with Crippen LogP contribution in [0, 0.1) is 23.7 Å². The van der Waals surface area contributed by atoms with Gasteiger partial charge in [-0.05, 0) is 267 Å². The quantitative estimate of drug-likeness (QED) is 0.164. The number of hydrogen-bond acceptors (Lipinski definition) is 2. The molecule has 0 heterocycles. The van der Waals surface area contributed by atoms with Crippen LogP contribution in [0.25, 0.3) is 66.1 Å². The van der Waals surface area contributed by atoms with E-state index in [1.165, 1.54) is 177 Å². The first-order chi connectivity index (χ1) is 43.6. The third-order valence-corrected chi connectivity index (χ3v) is 24.5. The van der Waals surface area contributed by atoms with E-state index in [0.29, 0.717) is 11.8 Å². The van der Waals surface area contributed by atoms with Crippen molar-refractivity contribution in [1.29, 1.82) is 0 Å². The second kappa shape index (κ2) is 18.6. The molecule has 4 saturated carbocycles. The zero-order chi connectivity index (χ0) is 62.2. The number of benzene rings is 11. The molecule has 19 rings (SSSR count). The molecule has 2 nitrogen and oxygen atoms in total. The summed E-state index contributed by atoms with van der Waals surface area (Å²) in [6.45, 7) is 28.7. The number of nitrogens with zero attached hydrogens (tertiary/aromatic N) is 2. The van der Waals surface area contributed by atoms with Crippen LogP contribution in [-0.4, -0.2) is 0 Å². The Kier molecular flexibility index (Phi) is 11.3. The fourth-order valence-corrected chi connectivity index (χ4v) is 20.1. The van der Waals surface area contributed by atoms with Gasteiger partial charge >= 0.3 is 0 Å². The van der Waals surface area contributed by atoms with E-state index in [2.05, 4.69) is 299 Å². The van der Waals surface area contributed by atoms with E-state index < -0.39 is 0 Å². The van der Waals surface area contributed by atoms with Gasteiger partial charge in [0.25, 0.3) is 0 Å². The number of hydrogen-bond donors (Lipinski definition) is 0. The fourth-order valence-electron chi connectivity index (χ4n) is 20.1. The predicted molar refractivity (Wildman–Crippen MR) is 384 cm³/mol. The smallest absolute Gasteiger partial charge is 0.0465 e. The summed E-state index contributed by atoms with van der Waals surface area (Å²) >= 11 is 0. The topological polar surface area (TPSA) is 6.48 Å². The van der Waals surface area contributed by atoms with E-state index in [0.717, 1.165) is 11.8 Å². The maximum Gasteiger partial charge on any atom is 0.0465 e. The highest BCUT2D eigenvalue weighted by Gasteiger charge is 2.62. The Morgan fingerprint density at radius 3 is 1.08 bits per heavy atom. The van der Waals surface area contributed by atoms with Crippen molar-refractivity contribution in [2.75, 3.05) is 9.80 Å². The van der Waals surface area contributed by atoms with Crippen LogP contribution < -0.4 is 9.80 Å². The van der Waals surface area contributed by atoms with Gasteiger partial charge in [0.15, 0.2) is 0 Å². The summed E-state index contributed by atoms with van der Waals surface area (Å²) in [6.07, 6.45) is 6.77. The minimum absolute atomic E-state index is 0.0429. The standard InChI is InChI=1S/C89H84N2/c1-84(2,3)56-23-27-60(28-24-56)90(63-33-37-70-77(47-63)86(7,8)74-39-21-54-17-13-15-19-66(54)82(70)74)62-31-35-68-72-50-73-69-36-32-65(49-80(69)89(58-42-52-41-53(44-58)45-59(89)43-52)81(73)51-79(72)88(11,12)76(68)46-62)91(61-29-25-57(26-30-61)85(4,5)6)64-34-38-71-78(48-64)87(9,10)75-40-22-55-18-14-16-20-67(55)83(71)75/h13-40,46-53,58-59H,41-45H2,1-12H3. The third kappa shape index (κ3) is 7.66. The van der Waals surface area contributed by atoms with Crippen LogP contribution in [0.15, 0.2) is 206 Å². The van der Waals surface area contributed by atoms with Crippen molar-refractivity contribution in [3.05, 3.63) is 262 Å². The second-order valence-electron chi connectivity index (χ2n) is 32.6. The molecule has 0 atom stereocenters. The van der Waals surface area contributed by atoms with Gasteiger partial charge in [-0.2, -0.15) is 0 Å². The number of fused-ring (bicyclic) bond motifs is 16. The Labute approximate surface area is 540 Å². The fraction of sp³-hybridized carbons (Fsp3) is 0.303. The zero-order valence-corrected chi connectivity index (χ0v) is 55.4. The maximum absolute atomic E-state index is 2.80. The average molecular weight is 1180 g/mol. The van der Waals surface area contributed by atoms with Gasteiger partial charge in [0.05, 0.1) is 0 Å². The first-order valence-electron chi connectivity index (χ1n) is 34.2. The summed E-state index contributed by atoms with van der Waals surface area (Å²) < 4.78 is 0. The molecule has 0 aliphatic heterocycles. The lowest BCUT2D eigenvalue weighted by Gasteiger charge is -2.61. The lowest BCUT2D eigenvalue weighted by Crippen LogP contribution is -2.55. The molecule has 8 aliphatic carbocycles. The van der Waals surface area contributed by atoms with Crippen molar-refractivity contribution < 1.29 is 0 Å². The average Bonchev–Trinajstić information content (AvgIpc) is 1.54. The Morgan fingerprint density at radius 1 is 0.297 bits per heavy atom. The van der Waals surface area contributed by atoms with E-state index >= 15 is 0 Å². The molecule has 0 aromatic heterocycles. The van der Waals surface area contributed by atoms with Crippen LogP contribution in [0.5, 0.6) is 0 Å². The molecule has 1 spiro atoms. The van der Waals surface area contributed by atoms with Crippen molar-refractivity contribution in [2.24, 2.45) is 23.7 Å². The molecule has 0 radical (unpaired) electrons. The normalized spacial score (nSPS) is 21.7. The van der Waals surface area contributed by atoms with Gasteiger partial charge in [0.1, 0.15) is 0 Å². The van der Waals surface area contributed by atoms with E-state index in [1.54, 1.807) is 11.1 Å². The van der Waals surface area contributed by atoms with Crippen molar-refractivity contribution in [1.82, 2.24) is 0 Å². The first kappa shape index (κ1) is 55.4. The Balaban J connectivity index is 0.787. The van der Waals surface area contributed by atoms with E-state index in [9.17, 15) is 0 Å². The molecular formula is C89H84N2. The van der Waals surface area contributed by atoms with Gasteiger partial charge in [-0.3, -0.25) is 0 Å². The van der Waals surface area contributed by atoms with Crippen molar-refractivity contribution in [2.45, 2.75) is 148 Å². The van der Waals surface area contributed by atoms with Gasteiger partial charge in [-0.1, -0.05) is 210 Å². The van der Waals surface area contributed by atoms with Gasteiger partial charge < -0.3 is 9.80 Å². The molecule has 11 aromatic carbocycles. The van der Waals surface area contributed by atoms with Gasteiger partial charge in [-0.15, -0.1) is 0 Å². The molecule has 4 bridgehead atoms. The Bertz CT molecular complexity index is 4900. The zero-order valence-electron chi connectivity index (χ0n) is 55.4. The molecule has 4 fully saturated rings. The van der Waals surface area contributed by atoms with E-state index in [-0.39, 0.29) is 32.5 Å². The second-order valence-corrected chi connectivity index (χ2v) is 32.6. The minimum atomic E-state index is -0.240. The molecule has 0 N–H and O–H groups in total. The molecule has 2 heteroatoms. The van der Waals surface area contributed by atoms with Gasteiger partial charge in [-0.25, -0.2) is 0 Å². The summed E-state index contributed by atoms with van der Waals surface area (Å²) in [7, 11) is 0.